The Kier molecular flexibility index (Phi) is 3.20. The van der Waals surface area contributed by atoms with Gasteiger partial charge in [-0.15, -0.1) is 0 Å². The second kappa shape index (κ2) is 4.96. The van der Waals surface area contributed by atoms with Crippen LogP contribution in [0.5, 0.6) is 0 Å². The lowest BCUT2D eigenvalue weighted by Crippen LogP contribution is -2.52. The van der Waals surface area contributed by atoms with Crippen LogP contribution in [0, 0.1) is 5.41 Å². The predicted octanol–water partition coefficient (Wildman–Crippen LogP) is 3.69. The highest BCUT2D eigenvalue weighted by molar-refractivity contribution is 5.69. The molecule has 0 N–H and O–H groups in total. The van der Waals surface area contributed by atoms with E-state index in [0.717, 1.165) is 5.56 Å². The van der Waals surface area contributed by atoms with Gasteiger partial charge in [0.25, 0.3) is 0 Å². The van der Waals surface area contributed by atoms with Gasteiger partial charge in [-0.05, 0) is 25.0 Å². The first-order valence-electron chi connectivity index (χ1n) is 8.44. The van der Waals surface area contributed by atoms with Gasteiger partial charge in [0.2, 0.25) is 0 Å². The van der Waals surface area contributed by atoms with Gasteiger partial charge in [-0.1, -0.05) is 55.5 Å². The topological polar surface area (TPSA) is 38.8 Å². The molecule has 3 aliphatic heterocycles. The first-order chi connectivity index (χ1) is 11.4. The van der Waals surface area contributed by atoms with Crippen molar-refractivity contribution >= 4 is 6.09 Å². The SMILES string of the molecule is C[C@]12C=C[C@](C)(O1)C1=CCN(C(=O)OCc3ccccc3)C[C@]12C. The van der Waals surface area contributed by atoms with E-state index in [4.69, 9.17) is 9.47 Å². The molecule has 24 heavy (non-hydrogen) atoms. The van der Waals surface area contributed by atoms with Gasteiger partial charge < -0.3 is 14.4 Å². The van der Waals surface area contributed by atoms with Crippen LogP contribution in [-0.2, 0) is 16.1 Å². The zero-order valence-corrected chi connectivity index (χ0v) is 14.4. The van der Waals surface area contributed by atoms with E-state index < -0.39 is 0 Å². The molecule has 4 heteroatoms. The molecule has 2 bridgehead atoms. The molecule has 4 nitrogen and oxygen atoms in total. The monoisotopic (exact) mass is 325 g/mol. The minimum absolute atomic E-state index is 0.208. The lowest BCUT2D eigenvalue weighted by atomic mass is 9.63. The molecule has 0 spiro atoms. The first kappa shape index (κ1) is 15.5. The van der Waals surface area contributed by atoms with Crippen molar-refractivity contribution in [1.29, 1.82) is 0 Å². The number of hydrogen-bond donors (Lipinski definition) is 0. The van der Waals surface area contributed by atoms with Crippen molar-refractivity contribution in [3.8, 4) is 0 Å². The summed E-state index contributed by atoms with van der Waals surface area (Å²) in [5.41, 5.74) is 1.37. The Bertz CT molecular complexity index is 741. The minimum atomic E-state index is -0.369. The molecule has 3 heterocycles. The molecule has 1 aromatic rings. The highest BCUT2D eigenvalue weighted by Crippen LogP contribution is 2.61. The van der Waals surface area contributed by atoms with E-state index in [1.54, 1.807) is 4.90 Å². The molecule has 126 valence electrons. The summed E-state index contributed by atoms with van der Waals surface area (Å²) in [5, 5.41) is 0. The van der Waals surface area contributed by atoms with Crippen LogP contribution in [0.3, 0.4) is 0 Å². The zero-order valence-electron chi connectivity index (χ0n) is 14.4. The van der Waals surface area contributed by atoms with Crippen LogP contribution < -0.4 is 0 Å². The van der Waals surface area contributed by atoms with E-state index >= 15 is 0 Å². The number of rotatable bonds is 2. The van der Waals surface area contributed by atoms with Crippen LogP contribution in [0.2, 0.25) is 0 Å². The third-order valence-corrected chi connectivity index (χ3v) is 5.85. The second-order valence-corrected chi connectivity index (χ2v) is 7.52. The van der Waals surface area contributed by atoms with Gasteiger partial charge >= 0.3 is 6.09 Å². The Hall–Kier alpha value is -2.07. The van der Waals surface area contributed by atoms with Gasteiger partial charge in [0.15, 0.2) is 0 Å². The van der Waals surface area contributed by atoms with Gasteiger partial charge in [0.05, 0.1) is 5.60 Å². The van der Waals surface area contributed by atoms with E-state index in [0.29, 0.717) is 19.7 Å². The van der Waals surface area contributed by atoms with Crippen molar-refractivity contribution in [3.63, 3.8) is 0 Å². The Balaban J connectivity index is 1.50. The average molecular weight is 325 g/mol. The van der Waals surface area contributed by atoms with Gasteiger partial charge in [0, 0.05) is 18.5 Å². The van der Waals surface area contributed by atoms with E-state index in [1.807, 2.05) is 30.3 Å². The van der Waals surface area contributed by atoms with Gasteiger partial charge in [-0.3, -0.25) is 0 Å². The molecule has 3 atom stereocenters. The summed E-state index contributed by atoms with van der Waals surface area (Å²) in [5.74, 6) is 0. The number of hydrogen-bond acceptors (Lipinski definition) is 3. The molecule has 1 saturated heterocycles. The summed E-state index contributed by atoms with van der Waals surface area (Å²) in [6, 6.07) is 9.76. The molecule has 0 aliphatic carbocycles. The smallest absolute Gasteiger partial charge is 0.410 e. The van der Waals surface area contributed by atoms with Crippen LogP contribution in [-0.4, -0.2) is 35.3 Å². The van der Waals surface area contributed by atoms with Crippen molar-refractivity contribution in [2.75, 3.05) is 13.1 Å². The fourth-order valence-corrected chi connectivity index (χ4v) is 4.35. The maximum Gasteiger partial charge on any atom is 0.410 e. The van der Waals surface area contributed by atoms with Crippen LogP contribution >= 0.6 is 0 Å². The van der Waals surface area contributed by atoms with Crippen molar-refractivity contribution in [1.82, 2.24) is 4.90 Å². The third-order valence-electron chi connectivity index (χ3n) is 5.85. The number of fused-ring (bicyclic) bond motifs is 5. The van der Waals surface area contributed by atoms with E-state index in [2.05, 4.69) is 39.0 Å². The molecule has 4 rings (SSSR count). The fraction of sp³-hybridized carbons (Fsp3) is 0.450. The van der Waals surface area contributed by atoms with Crippen molar-refractivity contribution in [2.24, 2.45) is 5.41 Å². The summed E-state index contributed by atoms with van der Waals surface area (Å²) in [4.78, 5) is 14.3. The number of benzene rings is 1. The minimum Gasteiger partial charge on any atom is -0.445 e. The number of carbonyl (C=O) groups is 1. The molecule has 0 unspecified atom stereocenters. The highest BCUT2D eigenvalue weighted by Gasteiger charge is 2.65. The number of amides is 1. The van der Waals surface area contributed by atoms with Crippen LogP contribution in [0.15, 0.2) is 54.1 Å². The Morgan fingerprint density at radius 3 is 2.71 bits per heavy atom. The Morgan fingerprint density at radius 2 is 1.96 bits per heavy atom. The normalized spacial score (nSPS) is 36.5. The van der Waals surface area contributed by atoms with Gasteiger partial charge in [0.1, 0.15) is 12.2 Å². The number of ether oxygens (including phenoxy) is 2. The lowest BCUT2D eigenvalue weighted by molar-refractivity contribution is -0.0450. The van der Waals surface area contributed by atoms with Crippen LogP contribution in [0.25, 0.3) is 0 Å². The molecule has 1 amide bonds. The standard InChI is InChI=1S/C20H23NO3/c1-18-14-21(17(22)23-13-15-7-5-4-6-8-15)12-9-16(18)19(2)10-11-20(18,3)24-19/h4-11H,12-14H2,1-3H3/t18-,19+,20-/m1/s1. The predicted molar refractivity (Wildman–Crippen MR) is 91.4 cm³/mol. The van der Waals surface area contributed by atoms with Crippen molar-refractivity contribution in [2.45, 2.75) is 38.6 Å². The van der Waals surface area contributed by atoms with Gasteiger partial charge in [-0.2, -0.15) is 0 Å². The number of nitrogens with zero attached hydrogens (tertiary/aromatic N) is 1. The van der Waals surface area contributed by atoms with E-state index in [9.17, 15) is 4.79 Å². The fourth-order valence-electron chi connectivity index (χ4n) is 4.35. The molecular weight excluding hydrogens is 302 g/mol. The summed E-state index contributed by atoms with van der Waals surface area (Å²) >= 11 is 0. The Morgan fingerprint density at radius 1 is 1.21 bits per heavy atom. The quantitative estimate of drug-likeness (QED) is 0.779. The molecular formula is C20H23NO3. The van der Waals surface area contributed by atoms with Gasteiger partial charge in [-0.25, -0.2) is 4.79 Å². The van der Waals surface area contributed by atoms with E-state index in [1.165, 1.54) is 5.57 Å². The summed E-state index contributed by atoms with van der Waals surface area (Å²) < 4.78 is 11.8. The molecule has 1 aromatic carbocycles. The average Bonchev–Trinajstić information content (AvgIpc) is 2.98. The van der Waals surface area contributed by atoms with E-state index in [-0.39, 0.29) is 22.7 Å². The molecule has 1 fully saturated rings. The largest absolute Gasteiger partial charge is 0.445 e. The zero-order chi connectivity index (χ0) is 17.0. The first-order valence-corrected chi connectivity index (χ1v) is 8.44. The van der Waals surface area contributed by atoms with Crippen LogP contribution in [0.4, 0.5) is 4.79 Å². The Labute approximate surface area is 142 Å². The molecule has 0 saturated carbocycles. The maximum atomic E-state index is 12.5. The lowest BCUT2D eigenvalue weighted by Gasteiger charge is -2.45. The van der Waals surface area contributed by atoms with Crippen molar-refractivity contribution < 1.29 is 14.3 Å². The third kappa shape index (κ3) is 2.06. The second-order valence-electron chi connectivity index (χ2n) is 7.52. The molecule has 3 aliphatic rings. The number of carbonyl (C=O) groups excluding carboxylic acids is 1. The molecule has 0 aromatic heterocycles. The summed E-state index contributed by atoms with van der Waals surface area (Å²) in [6.45, 7) is 7.88. The summed E-state index contributed by atoms with van der Waals surface area (Å²) in [6.07, 6.45) is 6.16. The molecule has 0 radical (unpaired) electrons. The summed E-state index contributed by atoms with van der Waals surface area (Å²) in [7, 11) is 0. The van der Waals surface area contributed by atoms with Crippen LogP contribution in [0.1, 0.15) is 26.3 Å². The maximum absolute atomic E-state index is 12.5. The highest BCUT2D eigenvalue weighted by atomic mass is 16.6. The van der Waals surface area contributed by atoms with Crippen molar-refractivity contribution in [3.05, 3.63) is 59.7 Å².